The summed E-state index contributed by atoms with van der Waals surface area (Å²) in [6.07, 6.45) is 69.8. The van der Waals surface area contributed by atoms with Gasteiger partial charge in [-0.25, -0.2) is 9.13 Å². The van der Waals surface area contributed by atoms with E-state index in [-0.39, 0.29) is 25.7 Å². The predicted molar refractivity (Wildman–Crippen MR) is 414 cm³/mol. The van der Waals surface area contributed by atoms with Crippen LogP contribution in [0, 0.1) is 0 Å². The normalized spacial score (nSPS) is 13.8. The van der Waals surface area contributed by atoms with Crippen LogP contribution in [-0.2, 0) is 65.4 Å². The van der Waals surface area contributed by atoms with Crippen molar-refractivity contribution in [1.82, 2.24) is 0 Å². The van der Waals surface area contributed by atoms with Gasteiger partial charge in [0.25, 0.3) is 0 Å². The molecule has 0 saturated carbocycles. The molecule has 0 aliphatic heterocycles. The number of hydrogen-bond donors (Lipinski definition) is 3. The van der Waals surface area contributed by atoms with E-state index in [0.717, 1.165) is 103 Å². The number of rotatable bonds is 83. The van der Waals surface area contributed by atoms with E-state index < -0.39 is 97.5 Å². The largest absolute Gasteiger partial charge is 0.472 e. The number of carbonyl (C=O) groups excluding carboxylic acids is 4. The van der Waals surface area contributed by atoms with E-state index >= 15 is 0 Å². The molecule has 0 aromatic heterocycles. The van der Waals surface area contributed by atoms with Crippen molar-refractivity contribution < 1.29 is 80.2 Å². The van der Waals surface area contributed by atoms with Gasteiger partial charge in [0.2, 0.25) is 0 Å². The maximum Gasteiger partial charge on any atom is 0.472 e. The Bertz CT molecular complexity index is 1910. The molecule has 0 spiro atoms. The monoisotopic (exact) mass is 1480 g/mol. The average Bonchev–Trinajstić information content (AvgIpc) is 0.947. The number of phosphoric acid groups is 2. The lowest BCUT2D eigenvalue weighted by Crippen LogP contribution is -2.30. The molecule has 0 aromatic rings. The molecule has 17 nitrogen and oxygen atoms in total. The Morgan fingerprint density at radius 2 is 0.396 bits per heavy atom. The van der Waals surface area contributed by atoms with Crippen LogP contribution in [-0.4, -0.2) is 96.7 Å². The number of ether oxygens (including phenoxy) is 4. The zero-order chi connectivity index (χ0) is 73.9. The Morgan fingerprint density at radius 3 is 0.584 bits per heavy atom. The zero-order valence-electron chi connectivity index (χ0n) is 65.9. The van der Waals surface area contributed by atoms with E-state index in [4.69, 9.17) is 37.0 Å². The van der Waals surface area contributed by atoms with Gasteiger partial charge in [-0.15, -0.1) is 0 Å². The van der Waals surface area contributed by atoms with E-state index in [1.54, 1.807) is 0 Å². The molecule has 0 fully saturated rings. The Balaban J connectivity index is 5.14. The summed E-state index contributed by atoms with van der Waals surface area (Å²) in [4.78, 5) is 72.8. The number of carbonyl (C=O) groups is 4. The molecular weight excluding hydrogens is 1320 g/mol. The summed E-state index contributed by atoms with van der Waals surface area (Å²) in [5, 5.41) is 10.6. The van der Waals surface area contributed by atoms with Crippen molar-refractivity contribution in [2.45, 2.75) is 463 Å². The Hall–Kier alpha value is -1.94. The van der Waals surface area contributed by atoms with E-state index in [2.05, 4.69) is 27.7 Å². The van der Waals surface area contributed by atoms with Crippen molar-refractivity contribution in [3.05, 3.63) is 0 Å². The van der Waals surface area contributed by atoms with Crippen LogP contribution < -0.4 is 0 Å². The van der Waals surface area contributed by atoms with Crippen LogP contribution in [0.5, 0.6) is 0 Å². The molecular formula is C82H160O17P2. The van der Waals surface area contributed by atoms with Crippen LogP contribution in [0.2, 0.25) is 0 Å². The van der Waals surface area contributed by atoms with Crippen molar-refractivity contribution in [2.24, 2.45) is 0 Å². The highest BCUT2D eigenvalue weighted by atomic mass is 31.2. The second-order valence-electron chi connectivity index (χ2n) is 29.5. The molecule has 19 heteroatoms. The first-order chi connectivity index (χ1) is 49.2. The van der Waals surface area contributed by atoms with Gasteiger partial charge in [0.05, 0.1) is 26.4 Å². The SMILES string of the molecule is CCCCCCCCCCCCCCCCCCCCCCCCC(=O)O[C@H](COC(=O)CCCCCCCCCCCCCCCCCCCCCC)COP(=O)(O)OC[C@@H](O)COP(=O)(O)OC[C@@H](COC(=O)CCCCCCCCC)OC(=O)CCCCCCCCCCCCCC. The van der Waals surface area contributed by atoms with Gasteiger partial charge in [0, 0.05) is 25.7 Å². The fourth-order valence-electron chi connectivity index (χ4n) is 12.8. The standard InChI is InChI=1S/C82H160O17P2/c1-5-9-13-17-21-24-27-30-32-34-36-38-39-41-43-45-47-50-53-57-61-65-69-82(87)99-78(73-93-80(85)67-63-59-55-51-49-46-44-42-40-37-35-33-31-28-25-22-18-14-10-6-2)75-97-101(90,91)95-71-76(83)70-94-100(88,89)96-74-77(72-92-79(84)66-62-58-54-20-16-12-8-4)98-81(86)68-64-60-56-52-48-29-26-23-19-15-11-7-3/h76-78,83H,5-75H2,1-4H3,(H,88,89)(H,90,91)/t76-,77+,78+/m0/s1. The second-order valence-corrected chi connectivity index (χ2v) is 32.4. The number of aliphatic hydroxyl groups is 1. The molecule has 0 aliphatic rings. The van der Waals surface area contributed by atoms with Crippen molar-refractivity contribution in [1.29, 1.82) is 0 Å². The summed E-state index contributed by atoms with van der Waals surface area (Å²) in [6.45, 7) is 4.98. The highest BCUT2D eigenvalue weighted by molar-refractivity contribution is 7.47. The van der Waals surface area contributed by atoms with E-state index in [0.29, 0.717) is 25.7 Å². The van der Waals surface area contributed by atoms with Crippen LogP contribution in [0.4, 0.5) is 0 Å². The molecule has 101 heavy (non-hydrogen) atoms. The number of esters is 4. The molecule has 0 rings (SSSR count). The fraction of sp³-hybridized carbons (Fsp3) is 0.951. The van der Waals surface area contributed by atoms with Crippen LogP contribution in [0.1, 0.15) is 445 Å². The molecule has 0 amide bonds. The molecule has 0 radical (unpaired) electrons. The number of aliphatic hydroxyl groups excluding tert-OH is 1. The van der Waals surface area contributed by atoms with E-state index in [1.165, 1.54) is 263 Å². The number of hydrogen-bond acceptors (Lipinski definition) is 15. The van der Waals surface area contributed by atoms with Gasteiger partial charge in [-0.05, 0) is 25.7 Å². The van der Waals surface area contributed by atoms with Gasteiger partial charge in [-0.3, -0.25) is 37.3 Å². The Morgan fingerprint density at radius 1 is 0.238 bits per heavy atom. The third kappa shape index (κ3) is 76.1. The summed E-state index contributed by atoms with van der Waals surface area (Å²) in [6, 6.07) is 0. The van der Waals surface area contributed by atoms with Crippen molar-refractivity contribution in [3.8, 4) is 0 Å². The summed E-state index contributed by atoms with van der Waals surface area (Å²) >= 11 is 0. The quantitative estimate of drug-likeness (QED) is 0.0222. The third-order valence-corrected chi connectivity index (χ3v) is 21.3. The van der Waals surface area contributed by atoms with Crippen LogP contribution in [0.3, 0.4) is 0 Å². The minimum absolute atomic E-state index is 0.108. The molecule has 0 bridgehead atoms. The molecule has 600 valence electrons. The lowest BCUT2D eigenvalue weighted by Gasteiger charge is -2.21. The van der Waals surface area contributed by atoms with Gasteiger partial charge in [-0.2, -0.15) is 0 Å². The Labute approximate surface area is 619 Å². The lowest BCUT2D eigenvalue weighted by atomic mass is 10.0. The van der Waals surface area contributed by atoms with Gasteiger partial charge in [-0.1, -0.05) is 394 Å². The van der Waals surface area contributed by atoms with Crippen LogP contribution in [0.15, 0.2) is 0 Å². The minimum Gasteiger partial charge on any atom is -0.462 e. The maximum absolute atomic E-state index is 13.1. The predicted octanol–water partition coefficient (Wildman–Crippen LogP) is 25.0. The van der Waals surface area contributed by atoms with Gasteiger partial charge in [0.1, 0.15) is 19.3 Å². The lowest BCUT2D eigenvalue weighted by molar-refractivity contribution is -0.161. The zero-order valence-corrected chi connectivity index (χ0v) is 67.7. The minimum atomic E-state index is -4.96. The van der Waals surface area contributed by atoms with Crippen molar-refractivity contribution in [2.75, 3.05) is 39.6 Å². The average molecular weight is 1480 g/mol. The topological polar surface area (TPSA) is 237 Å². The van der Waals surface area contributed by atoms with Crippen LogP contribution in [0.25, 0.3) is 0 Å². The molecule has 5 atom stereocenters. The first-order valence-electron chi connectivity index (χ1n) is 42.8. The van der Waals surface area contributed by atoms with Crippen molar-refractivity contribution in [3.63, 3.8) is 0 Å². The highest BCUT2D eigenvalue weighted by Crippen LogP contribution is 2.45. The van der Waals surface area contributed by atoms with Crippen molar-refractivity contribution >= 4 is 39.5 Å². The fourth-order valence-corrected chi connectivity index (χ4v) is 14.4. The molecule has 3 N–H and O–H groups in total. The molecule has 2 unspecified atom stereocenters. The third-order valence-electron chi connectivity index (χ3n) is 19.4. The van der Waals surface area contributed by atoms with E-state index in [9.17, 15) is 43.2 Å². The van der Waals surface area contributed by atoms with Gasteiger partial charge in [0.15, 0.2) is 12.2 Å². The summed E-state index contributed by atoms with van der Waals surface area (Å²) in [7, 11) is -9.91. The first-order valence-corrected chi connectivity index (χ1v) is 45.8. The summed E-state index contributed by atoms with van der Waals surface area (Å²) < 4.78 is 68.6. The Kier molecular flexibility index (Phi) is 74.8. The van der Waals surface area contributed by atoms with Gasteiger partial charge >= 0.3 is 39.5 Å². The van der Waals surface area contributed by atoms with Crippen LogP contribution >= 0.6 is 15.6 Å². The summed E-state index contributed by atoms with van der Waals surface area (Å²) in [5.41, 5.74) is 0. The number of phosphoric ester groups is 2. The molecule has 0 saturated heterocycles. The number of unbranched alkanes of at least 4 members (excludes halogenated alkanes) is 57. The summed E-state index contributed by atoms with van der Waals surface area (Å²) in [5.74, 6) is -2.11. The first kappa shape index (κ1) is 99.1. The molecule has 0 heterocycles. The second kappa shape index (κ2) is 76.3. The maximum atomic E-state index is 13.1. The molecule has 0 aromatic carbocycles. The highest BCUT2D eigenvalue weighted by Gasteiger charge is 2.30. The van der Waals surface area contributed by atoms with E-state index in [1.807, 2.05) is 0 Å². The van der Waals surface area contributed by atoms with Gasteiger partial charge < -0.3 is 33.8 Å². The molecule has 0 aliphatic carbocycles. The smallest absolute Gasteiger partial charge is 0.462 e.